The second kappa shape index (κ2) is 10.0. The van der Waals surface area contributed by atoms with E-state index in [0.717, 1.165) is 17.9 Å². The Balaban J connectivity index is 0.000000300. The highest BCUT2D eigenvalue weighted by Crippen LogP contribution is 2.21. The van der Waals surface area contributed by atoms with E-state index < -0.39 is 11.9 Å². The number of rotatable bonds is 5. The molecule has 28 heavy (non-hydrogen) atoms. The predicted molar refractivity (Wildman–Crippen MR) is 102 cm³/mol. The molecule has 3 rings (SSSR count). The Morgan fingerprint density at radius 1 is 1.14 bits per heavy atom. The maximum absolute atomic E-state index is 9.55. The molecule has 0 amide bonds. The molecule has 1 aliphatic heterocycles. The maximum atomic E-state index is 9.55. The molecule has 0 unspecified atom stereocenters. The molecule has 0 saturated carbocycles. The van der Waals surface area contributed by atoms with E-state index in [4.69, 9.17) is 15.5 Å². The van der Waals surface area contributed by atoms with Gasteiger partial charge in [-0.3, -0.25) is 4.90 Å². The molecular weight excluding hydrogens is 360 g/mol. The van der Waals surface area contributed by atoms with Gasteiger partial charge in [0.25, 0.3) is 0 Å². The van der Waals surface area contributed by atoms with Gasteiger partial charge in [-0.2, -0.15) is 5.26 Å². The summed E-state index contributed by atoms with van der Waals surface area (Å²) in [5.41, 5.74) is 2.98. The summed E-state index contributed by atoms with van der Waals surface area (Å²) in [7, 11) is 2.06. The number of aromatic nitrogens is 2. The number of aliphatic carboxylic acids is 2. The van der Waals surface area contributed by atoms with E-state index in [0.29, 0.717) is 17.7 Å². The van der Waals surface area contributed by atoms with Gasteiger partial charge in [0.1, 0.15) is 5.82 Å². The highest BCUT2D eigenvalue weighted by molar-refractivity contribution is 5.89. The molecule has 0 atom stereocenters. The van der Waals surface area contributed by atoms with Crippen molar-refractivity contribution in [2.45, 2.75) is 19.4 Å². The van der Waals surface area contributed by atoms with Crippen LogP contribution in [-0.4, -0.2) is 49.7 Å². The van der Waals surface area contributed by atoms with E-state index >= 15 is 0 Å². The van der Waals surface area contributed by atoms with Crippen molar-refractivity contribution in [3.05, 3.63) is 53.9 Å². The maximum Gasteiger partial charge on any atom is 0.328 e. The fraction of sp³-hybridized carbons (Fsp3) is 0.300. The Morgan fingerprint density at radius 2 is 1.71 bits per heavy atom. The van der Waals surface area contributed by atoms with Crippen LogP contribution in [0.1, 0.15) is 24.1 Å². The minimum atomic E-state index is -1.26. The van der Waals surface area contributed by atoms with Crippen LogP contribution in [0.5, 0.6) is 0 Å². The van der Waals surface area contributed by atoms with Crippen LogP contribution in [0.15, 0.2) is 42.6 Å². The number of carboxylic acid groups (broad SMARTS) is 2. The van der Waals surface area contributed by atoms with Crippen LogP contribution in [0.25, 0.3) is 11.4 Å². The van der Waals surface area contributed by atoms with E-state index in [1.807, 2.05) is 30.5 Å². The summed E-state index contributed by atoms with van der Waals surface area (Å²) >= 11 is 0. The summed E-state index contributed by atoms with van der Waals surface area (Å²) in [5, 5.41) is 24.5. The SMILES string of the molecule is Cn1c(CN2CCCC2)cnc1-c1ccc(C#N)cc1.O=C(O)C=CC(=O)O. The summed E-state index contributed by atoms with van der Waals surface area (Å²) < 4.78 is 2.15. The highest BCUT2D eigenvalue weighted by atomic mass is 16.4. The number of likely N-dealkylation sites (tertiary alicyclic amines) is 1. The van der Waals surface area contributed by atoms with Gasteiger partial charge in [0.05, 0.1) is 23.5 Å². The fourth-order valence-electron chi connectivity index (χ4n) is 2.87. The largest absolute Gasteiger partial charge is 0.478 e. The van der Waals surface area contributed by atoms with Gasteiger partial charge in [-0.25, -0.2) is 14.6 Å². The molecule has 8 nitrogen and oxygen atoms in total. The van der Waals surface area contributed by atoms with Gasteiger partial charge in [0, 0.05) is 31.3 Å². The van der Waals surface area contributed by atoms with Crippen LogP contribution < -0.4 is 0 Å². The van der Waals surface area contributed by atoms with Crippen LogP contribution in [0.3, 0.4) is 0 Å². The molecular formula is C20H22N4O4. The minimum absolute atomic E-state index is 0.558. The first kappa shape index (κ1) is 20.9. The van der Waals surface area contributed by atoms with Gasteiger partial charge < -0.3 is 14.8 Å². The molecule has 2 N–H and O–H groups in total. The molecule has 1 aromatic carbocycles. The van der Waals surface area contributed by atoms with Gasteiger partial charge >= 0.3 is 11.9 Å². The third-order valence-corrected chi connectivity index (χ3v) is 4.31. The van der Waals surface area contributed by atoms with Crippen LogP contribution in [0.2, 0.25) is 0 Å². The number of carboxylic acids is 2. The fourth-order valence-corrected chi connectivity index (χ4v) is 2.87. The van der Waals surface area contributed by atoms with Gasteiger partial charge in [0.15, 0.2) is 0 Å². The van der Waals surface area contributed by atoms with Crippen molar-refractivity contribution in [1.82, 2.24) is 14.5 Å². The Labute approximate surface area is 163 Å². The molecule has 0 bridgehead atoms. The van der Waals surface area contributed by atoms with Gasteiger partial charge in [0.2, 0.25) is 0 Å². The molecule has 0 aliphatic carbocycles. The standard InChI is InChI=1S/C16H18N4.C4H4O4/c1-19-15(12-20-8-2-3-9-20)11-18-16(19)14-6-4-13(10-17)5-7-14;5-3(6)1-2-4(7)8/h4-7,11H,2-3,8-9,12H2,1H3;1-2H,(H,5,6)(H,7,8). The zero-order valence-electron chi connectivity index (χ0n) is 15.6. The van der Waals surface area contributed by atoms with Crippen molar-refractivity contribution < 1.29 is 19.8 Å². The number of benzene rings is 1. The number of carbonyl (C=O) groups is 2. The molecule has 0 radical (unpaired) electrons. The number of nitriles is 1. The molecule has 2 heterocycles. The second-order valence-electron chi connectivity index (χ2n) is 6.31. The summed E-state index contributed by atoms with van der Waals surface area (Å²) in [4.78, 5) is 26.1. The predicted octanol–water partition coefficient (Wildman–Crippen LogP) is 2.27. The Morgan fingerprint density at radius 3 is 2.21 bits per heavy atom. The summed E-state index contributed by atoms with van der Waals surface area (Å²) in [6.07, 6.45) is 5.69. The number of hydrogen-bond donors (Lipinski definition) is 2. The quantitative estimate of drug-likeness (QED) is 0.761. The summed E-state index contributed by atoms with van der Waals surface area (Å²) in [6, 6.07) is 9.73. The molecule has 8 heteroatoms. The molecule has 1 aromatic heterocycles. The van der Waals surface area contributed by atoms with Crippen molar-refractivity contribution in [3.8, 4) is 17.5 Å². The third-order valence-electron chi connectivity index (χ3n) is 4.31. The summed E-state index contributed by atoms with van der Waals surface area (Å²) in [6.45, 7) is 3.36. The van der Waals surface area contributed by atoms with Crippen molar-refractivity contribution in [2.24, 2.45) is 7.05 Å². The van der Waals surface area contributed by atoms with Crippen molar-refractivity contribution in [3.63, 3.8) is 0 Å². The van der Waals surface area contributed by atoms with E-state index in [1.54, 1.807) is 0 Å². The van der Waals surface area contributed by atoms with Crippen LogP contribution >= 0.6 is 0 Å². The summed E-state index contributed by atoms with van der Waals surface area (Å²) in [5.74, 6) is -1.55. The molecule has 1 fully saturated rings. The Bertz CT molecular complexity index is 872. The van der Waals surface area contributed by atoms with Crippen LogP contribution in [-0.2, 0) is 23.2 Å². The average Bonchev–Trinajstić information content (AvgIpc) is 3.32. The number of imidazole rings is 1. The van der Waals surface area contributed by atoms with E-state index in [-0.39, 0.29) is 0 Å². The van der Waals surface area contributed by atoms with E-state index in [2.05, 4.69) is 27.6 Å². The van der Waals surface area contributed by atoms with E-state index in [1.165, 1.54) is 31.6 Å². The normalized spacial score (nSPS) is 13.7. The van der Waals surface area contributed by atoms with Crippen LogP contribution in [0.4, 0.5) is 0 Å². The highest BCUT2D eigenvalue weighted by Gasteiger charge is 2.15. The lowest BCUT2D eigenvalue weighted by Crippen LogP contribution is -2.20. The zero-order valence-corrected chi connectivity index (χ0v) is 15.6. The smallest absolute Gasteiger partial charge is 0.328 e. The zero-order chi connectivity index (χ0) is 20.5. The van der Waals surface area contributed by atoms with Gasteiger partial charge in [-0.1, -0.05) is 0 Å². The van der Waals surface area contributed by atoms with Crippen molar-refractivity contribution in [1.29, 1.82) is 5.26 Å². The molecule has 2 aromatic rings. The van der Waals surface area contributed by atoms with Crippen molar-refractivity contribution >= 4 is 11.9 Å². The monoisotopic (exact) mass is 382 g/mol. The first-order valence-electron chi connectivity index (χ1n) is 8.78. The molecule has 1 aliphatic rings. The number of hydrogen-bond acceptors (Lipinski definition) is 5. The van der Waals surface area contributed by atoms with Crippen LogP contribution in [0, 0.1) is 11.3 Å². The minimum Gasteiger partial charge on any atom is -0.478 e. The van der Waals surface area contributed by atoms with Gasteiger partial charge in [-0.15, -0.1) is 0 Å². The van der Waals surface area contributed by atoms with Crippen molar-refractivity contribution in [2.75, 3.05) is 13.1 Å². The molecule has 0 spiro atoms. The first-order chi connectivity index (χ1) is 13.4. The first-order valence-corrected chi connectivity index (χ1v) is 8.78. The topological polar surface area (TPSA) is 119 Å². The molecule has 146 valence electrons. The Kier molecular flexibility index (Phi) is 7.48. The lowest BCUT2D eigenvalue weighted by atomic mass is 10.1. The lowest BCUT2D eigenvalue weighted by molar-refractivity contribution is -0.134. The second-order valence-corrected chi connectivity index (χ2v) is 6.31. The lowest BCUT2D eigenvalue weighted by Gasteiger charge is -2.15. The Hall–Kier alpha value is -3.44. The van der Waals surface area contributed by atoms with E-state index in [9.17, 15) is 9.59 Å². The average molecular weight is 382 g/mol. The molecule has 1 saturated heterocycles. The van der Waals surface area contributed by atoms with Gasteiger partial charge in [-0.05, 0) is 50.2 Å². The third kappa shape index (κ3) is 6.07. The number of nitrogens with zero attached hydrogens (tertiary/aromatic N) is 4.